The summed E-state index contributed by atoms with van der Waals surface area (Å²) in [7, 11) is 0. The summed E-state index contributed by atoms with van der Waals surface area (Å²) >= 11 is 0. The van der Waals surface area contributed by atoms with Crippen molar-refractivity contribution in [3.05, 3.63) is 35.4 Å². The maximum Gasteiger partial charge on any atom is 0.323 e. The normalized spacial score (nSPS) is 16.6. The first-order valence-electron chi connectivity index (χ1n) is 7.18. The first-order chi connectivity index (χ1) is 9.69. The van der Waals surface area contributed by atoms with Crippen molar-refractivity contribution in [2.24, 2.45) is 0 Å². The number of nitrogens with one attached hydrogen (secondary N) is 1. The highest BCUT2D eigenvalue weighted by Crippen LogP contribution is 2.21. The summed E-state index contributed by atoms with van der Waals surface area (Å²) in [6, 6.07) is 7.45. The number of rotatable bonds is 5. The molecule has 1 aromatic rings. The highest BCUT2D eigenvalue weighted by atomic mass is 16.5. The molecule has 0 spiro atoms. The molecular formula is C17H21NO2. The van der Waals surface area contributed by atoms with Crippen LogP contribution in [0.4, 0.5) is 0 Å². The van der Waals surface area contributed by atoms with Crippen LogP contribution in [0.1, 0.15) is 43.7 Å². The smallest absolute Gasteiger partial charge is 0.323 e. The van der Waals surface area contributed by atoms with Gasteiger partial charge in [-0.2, -0.15) is 0 Å². The molecule has 0 aromatic heterocycles. The SMILES string of the molecule is C#Cc1ccc(CN[C@@H](C)C(=O)OC2CCCC2)cc1. The summed E-state index contributed by atoms with van der Waals surface area (Å²) in [5.41, 5.74) is 1.96. The fraction of sp³-hybridized carbons (Fsp3) is 0.471. The molecule has 0 heterocycles. The second kappa shape index (κ2) is 7.12. The van der Waals surface area contributed by atoms with Gasteiger partial charge >= 0.3 is 5.97 Å². The van der Waals surface area contributed by atoms with Crippen LogP contribution in [0.15, 0.2) is 24.3 Å². The Morgan fingerprint density at radius 3 is 2.65 bits per heavy atom. The molecule has 3 nitrogen and oxygen atoms in total. The molecule has 1 aliphatic rings. The highest BCUT2D eigenvalue weighted by Gasteiger charge is 2.22. The monoisotopic (exact) mass is 271 g/mol. The van der Waals surface area contributed by atoms with Gasteiger partial charge in [-0.15, -0.1) is 6.42 Å². The molecule has 2 rings (SSSR count). The van der Waals surface area contributed by atoms with E-state index < -0.39 is 0 Å². The number of hydrogen-bond acceptors (Lipinski definition) is 3. The van der Waals surface area contributed by atoms with Crippen LogP contribution in [0, 0.1) is 12.3 Å². The zero-order chi connectivity index (χ0) is 14.4. The van der Waals surface area contributed by atoms with Crippen LogP contribution in [-0.2, 0) is 16.1 Å². The van der Waals surface area contributed by atoms with Crippen molar-refractivity contribution in [2.45, 2.75) is 51.3 Å². The second-order valence-electron chi connectivity index (χ2n) is 5.29. The number of carbonyl (C=O) groups is 1. The van der Waals surface area contributed by atoms with Gasteiger partial charge in [0.15, 0.2) is 0 Å². The molecule has 1 fully saturated rings. The number of benzene rings is 1. The molecule has 20 heavy (non-hydrogen) atoms. The van der Waals surface area contributed by atoms with Crippen molar-refractivity contribution in [1.29, 1.82) is 0 Å². The molecule has 1 aromatic carbocycles. The average molecular weight is 271 g/mol. The lowest BCUT2D eigenvalue weighted by molar-refractivity contribution is -0.150. The Morgan fingerprint density at radius 2 is 2.05 bits per heavy atom. The van der Waals surface area contributed by atoms with E-state index in [2.05, 4.69) is 11.2 Å². The molecule has 0 amide bonds. The molecule has 1 saturated carbocycles. The van der Waals surface area contributed by atoms with Gasteiger partial charge in [0.2, 0.25) is 0 Å². The minimum absolute atomic E-state index is 0.127. The minimum atomic E-state index is -0.289. The Kier molecular flexibility index (Phi) is 5.20. The Bertz CT molecular complexity index is 481. The van der Waals surface area contributed by atoms with E-state index in [-0.39, 0.29) is 18.1 Å². The predicted molar refractivity (Wildman–Crippen MR) is 79.0 cm³/mol. The number of hydrogen-bond donors (Lipinski definition) is 1. The molecule has 1 N–H and O–H groups in total. The van der Waals surface area contributed by atoms with Crippen molar-refractivity contribution in [3.63, 3.8) is 0 Å². The van der Waals surface area contributed by atoms with Gasteiger partial charge in [-0.25, -0.2) is 0 Å². The summed E-state index contributed by atoms with van der Waals surface area (Å²) in [4.78, 5) is 11.9. The van der Waals surface area contributed by atoms with Gasteiger partial charge < -0.3 is 10.1 Å². The first-order valence-corrected chi connectivity index (χ1v) is 7.18. The average Bonchev–Trinajstić information content (AvgIpc) is 2.98. The van der Waals surface area contributed by atoms with Gasteiger partial charge in [-0.05, 0) is 50.3 Å². The summed E-state index contributed by atoms with van der Waals surface area (Å²) in [5, 5.41) is 3.18. The fourth-order valence-electron chi connectivity index (χ4n) is 2.35. The Labute approximate surface area is 120 Å². The molecule has 0 radical (unpaired) electrons. The maximum atomic E-state index is 11.9. The number of terminal acetylenes is 1. The number of esters is 1. The number of ether oxygens (including phenoxy) is 1. The number of carbonyl (C=O) groups excluding carboxylic acids is 1. The third kappa shape index (κ3) is 4.11. The van der Waals surface area contributed by atoms with Gasteiger partial charge in [0, 0.05) is 12.1 Å². The molecule has 0 unspecified atom stereocenters. The second-order valence-corrected chi connectivity index (χ2v) is 5.29. The largest absolute Gasteiger partial charge is 0.461 e. The molecular weight excluding hydrogens is 250 g/mol. The quantitative estimate of drug-likeness (QED) is 0.661. The van der Waals surface area contributed by atoms with Crippen molar-refractivity contribution >= 4 is 5.97 Å². The van der Waals surface area contributed by atoms with Gasteiger partial charge in [0.25, 0.3) is 0 Å². The van der Waals surface area contributed by atoms with E-state index in [0.717, 1.165) is 24.0 Å². The van der Waals surface area contributed by atoms with Crippen molar-refractivity contribution in [3.8, 4) is 12.3 Å². The summed E-state index contributed by atoms with van der Waals surface area (Å²) in [5.74, 6) is 2.43. The highest BCUT2D eigenvalue weighted by molar-refractivity contribution is 5.75. The van der Waals surface area contributed by atoms with E-state index >= 15 is 0 Å². The first kappa shape index (κ1) is 14.6. The molecule has 106 valence electrons. The van der Waals surface area contributed by atoms with E-state index in [9.17, 15) is 4.79 Å². The van der Waals surface area contributed by atoms with E-state index in [4.69, 9.17) is 11.2 Å². The molecule has 1 aliphatic carbocycles. The standard InChI is InChI=1S/C17H21NO2/c1-3-14-8-10-15(11-9-14)12-18-13(2)17(19)20-16-6-4-5-7-16/h1,8-11,13,16,18H,4-7,12H2,2H3/t13-/m0/s1. The van der Waals surface area contributed by atoms with Crippen LogP contribution < -0.4 is 5.32 Å². The lowest BCUT2D eigenvalue weighted by Crippen LogP contribution is -2.36. The molecule has 1 atom stereocenters. The topological polar surface area (TPSA) is 38.3 Å². The van der Waals surface area contributed by atoms with Crippen molar-refractivity contribution in [2.75, 3.05) is 0 Å². The Morgan fingerprint density at radius 1 is 1.40 bits per heavy atom. The zero-order valence-corrected chi connectivity index (χ0v) is 11.9. The Balaban J connectivity index is 1.77. The van der Waals surface area contributed by atoms with E-state index in [1.165, 1.54) is 12.8 Å². The molecule has 0 bridgehead atoms. The summed E-state index contributed by atoms with van der Waals surface area (Å²) < 4.78 is 5.47. The summed E-state index contributed by atoms with van der Waals surface area (Å²) in [6.07, 6.45) is 9.79. The van der Waals surface area contributed by atoms with Gasteiger partial charge in [-0.3, -0.25) is 4.79 Å². The minimum Gasteiger partial charge on any atom is -0.461 e. The van der Waals surface area contributed by atoms with Crippen LogP contribution in [0.25, 0.3) is 0 Å². The molecule has 3 heteroatoms. The van der Waals surface area contributed by atoms with Crippen molar-refractivity contribution < 1.29 is 9.53 Å². The van der Waals surface area contributed by atoms with Crippen LogP contribution in [0.3, 0.4) is 0 Å². The van der Waals surface area contributed by atoms with Gasteiger partial charge in [0.1, 0.15) is 12.1 Å². The van der Waals surface area contributed by atoms with Crippen LogP contribution >= 0.6 is 0 Å². The third-order valence-corrected chi connectivity index (χ3v) is 3.67. The molecule has 0 aliphatic heterocycles. The lowest BCUT2D eigenvalue weighted by Gasteiger charge is -2.17. The van der Waals surface area contributed by atoms with E-state index in [0.29, 0.717) is 6.54 Å². The Hall–Kier alpha value is -1.79. The molecule has 0 saturated heterocycles. The van der Waals surface area contributed by atoms with Crippen LogP contribution in [-0.4, -0.2) is 18.1 Å². The fourth-order valence-corrected chi connectivity index (χ4v) is 2.35. The van der Waals surface area contributed by atoms with Gasteiger partial charge in [0.05, 0.1) is 0 Å². The maximum absolute atomic E-state index is 11.9. The van der Waals surface area contributed by atoms with Crippen molar-refractivity contribution in [1.82, 2.24) is 5.32 Å². The predicted octanol–water partition coefficient (Wildman–Crippen LogP) is 2.63. The van der Waals surface area contributed by atoms with E-state index in [1.54, 1.807) is 0 Å². The van der Waals surface area contributed by atoms with Crippen LogP contribution in [0.2, 0.25) is 0 Å². The zero-order valence-electron chi connectivity index (χ0n) is 11.9. The van der Waals surface area contributed by atoms with Gasteiger partial charge in [-0.1, -0.05) is 18.1 Å². The van der Waals surface area contributed by atoms with E-state index in [1.807, 2.05) is 31.2 Å². The van der Waals surface area contributed by atoms with Crippen LogP contribution in [0.5, 0.6) is 0 Å². The third-order valence-electron chi connectivity index (χ3n) is 3.67. The summed E-state index contributed by atoms with van der Waals surface area (Å²) in [6.45, 7) is 2.47. The lowest BCUT2D eigenvalue weighted by atomic mass is 10.1.